The highest BCUT2D eigenvalue weighted by Crippen LogP contribution is 2.28. The number of rotatable bonds is 2. The van der Waals surface area contributed by atoms with Gasteiger partial charge in [0.05, 0.1) is 19.3 Å². The molecule has 0 saturated heterocycles. The number of alkyl halides is 1. The molecule has 1 atom stereocenters. The molecule has 0 fully saturated rings. The summed E-state index contributed by atoms with van der Waals surface area (Å²) in [6.45, 7) is 2.76. The van der Waals surface area contributed by atoms with Crippen molar-refractivity contribution in [3.05, 3.63) is 10.6 Å². The van der Waals surface area contributed by atoms with E-state index in [-0.39, 0.29) is 5.91 Å². The van der Waals surface area contributed by atoms with E-state index in [1.54, 1.807) is 11.8 Å². The molecule has 1 unspecified atom stereocenters. The molecule has 0 bridgehead atoms. The number of thiazole rings is 1. The van der Waals surface area contributed by atoms with Crippen molar-refractivity contribution in [2.24, 2.45) is 0 Å². The zero-order valence-electron chi connectivity index (χ0n) is 10.6. The Kier molecular flexibility index (Phi) is 4.26. The van der Waals surface area contributed by atoms with Gasteiger partial charge in [0, 0.05) is 17.8 Å². The third-order valence-corrected chi connectivity index (χ3v) is 3.96. The standard InChI is InChI=1S/C11H14ClN3O3S/c1-6(12)9(16)15-4-3-7-8(5-15)19-10(13-7)14-11(17)18-2/h6H,3-5H2,1-2H3,(H,13,14,17). The van der Waals surface area contributed by atoms with E-state index in [0.29, 0.717) is 24.6 Å². The minimum atomic E-state index is -0.548. The second kappa shape index (κ2) is 5.75. The van der Waals surface area contributed by atoms with Gasteiger partial charge in [0.25, 0.3) is 0 Å². The van der Waals surface area contributed by atoms with Gasteiger partial charge in [-0.25, -0.2) is 9.78 Å². The van der Waals surface area contributed by atoms with Gasteiger partial charge < -0.3 is 9.64 Å². The normalized spacial score (nSPS) is 15.6. The van der Waals surface area contributed by atoms with Gasteiger partial charge in [-0.05, 0) is 6.92 Å². The molecule has 2 amide bonds. The molecule has 2 rings (SSSR count). The van der Waals surface area contributed by atoms with Crippen molar-refractivity contribution in [2.45, 2.75) is 25.3 Å². The van der Waals surface area contributed by atoms with Crippen molar-refractivity contribution in [3.63, 3.8) is 0 Å². The van der Waals surface area contributed by atoms with Crippen LogP contribution in [0.1, 0.15) is 17.5 Å². The maximum absolute atomic E-state index is 11.8. The Bertz CT molecular complexity index is 503. The van der Waals surface area contributed by atoms with E-state index in [4.69, 9.17) is 11.6 Å². The molecule has 0 aliphatic carbocycles. The first-order valence-corrected chi connectivity index (χ1v) is 7.03. The SMILES string of the molecule is COC(=O)Nc1nc2c(s1)CN(C(=O)C(C)Cl)CC2. The van der Waals surface area contributed by atoms with Crippen LogP contribution in [0.3, 0.4) is 0 Å². The minimum Gasteiger partial charge on any atom is -0.453 e. The van der Waals surface area contributed by atoms with E-state index >= 15 is 0 Å². The van der Waals surface area contributed by atoms with Gasteiger partial charge in [0.2, 0.25) is 5.91 Å². The van der Waals surface area contributed by atoms with Gasteiger partial charge in [-0.15, -0.1) is 11.6 Å². The van der Waals surface area contributed by atoms with E-state index in [0.717, 1.165) is 10.6 Å². The Morgan fingerprint density at radius 2 is 2.32 bits per heavy atom. The summed E-state index contributed by atoms with van der Waals surface area (Å²) >= 11 is 7.16. The van der Waals surface area contributed by atoms with Gasteiger partial charge in [-0.1, -0.05) is 11.3 Å². The Balaban J connectivity index is 2.09. The van der Waals surface area contributed by atoms with Crippen LogP contribution in [0.5, 0.6) is 0 Å². The lowest BCUT2D eigenvalue weighted by Crippen LogP contribution is -2.39. The lowest BCUT2D eigenvalue weighted by atomic mass is 10.1. The molecule has 8 heteroatoms. The predicted molar refractivity (Wildman–Crippen MR) is 72.6 cm³/mol. The summed E-state index contributed by atoms with van der Waals surface area (Å²) in [7, 11) is 1.30. The molecule has 0 aromatic carbocycles. The Labute approximate surface area is 119 Å². The fourth-order valence-corrected chi connectivity index (χ4v) is 2.97. The second-order valence-corrected chi connectivity index (χ2v) is 5.87. The zero-order valence-corrected chi connectivity index (χ0v) is 12.2. The average Bonchev–Trinajstić information content (AvgIpc) is 2.78. The van der Waals surface area contributed by atoms with Gasteiger partial charge >= 0.3 is 6.09 Å². The van der Waals surface area contributed by atoms with Crippen molar-refractivity contribution in [1.82, 2.24) is 9.88 Å². The summed E-state index contributed by atoms with van der Waals surface area (Å²) in [6.07, 6.45) is 0.123. The number of fused-ring (bicyclic) bond motifs is 1. The molecule has 19 heavy (non-hydrogen) atoms. The summed E-state index contributed by atoms with van der Waals surface area (Å²) in [5.74, 6) is -0.0804. The van der Waals surface area contributed by atoms with Gasteiger partial charge in [-0.3, -0.25) is 10.1 Å². The van der Waals surface area contributed by atoms with Crippen LogP contribution in [0.2, 0.25) is 0 Å². The van der Waals surface area contributed by atoms with Crippen LogP contribution >= 0.6 is 22.9 Å². The highest BCUT2D eigenvalue weighted by Gasteiger charge is 2.26. The molecule has 0 radical (unpaired) electrons. The number of aromatic nitrogens is 1. The van der Waals surface area contributed by atoms with Crippen LogP contribution in [-0.4, -0.2) is 40.9 Å². The van der Waals surface area contributed by atoms with Crippen molar-refractivity contribution in [1.29, 1.82) is 0 Å². The topological polar surface area (TPSA) is 71.5 Å². The number of hydrogen-bond acceptors (Lipinski definition) is 5. The molecule has 1 N–H and O–H groups in total. The van der Waals surface area contributed by atoms with Crippen LogP contribution in [-0.2, 0) is 22.5 Å². The summed E-state index contributed by atoms with van der Waals surface area (Å²) in [5, 5.41) is 2.50. The molecule has 1 aliphatic rings. The molecule has 0 saturated carbocycles. The molecular weight excluding hydrogens is 290 g/mol. The number of hydrogen-bond donors (Lipinski definition) is 1. The average molecular weight is 304 g/mol. The first-order chi connectivity index (χ1) is 9.01. The first-order valence-electron chi connectivity index (χ1n) is 5.77. The van der Waals surface area contributed by atoms with E-state index < -0.39 is 11.5 Å². The van der Waals surface area contributed by atoms with E-state index in [2.05, 4.69) is 15.0 Å². The third kappa shape index (κ3) is 3.16. The molecule has 2 heterocycles. The summed E-state index contributed by atoms with van der Waals surface area (Å²) in [6, 6.07) is 0. The predicted octanol–water partition coefficient (Wildman–Crippen LogP) is 1.83. The molecule has 104 valence electrons. The van der Waals surface area contributed by atoms with Crippen molar-refractivity contribution in [3.8, 4) is 0 Å². The van der Waals surface area contributed by atoms with Crippen LogP contribution in [0.25, 0.3) is 0 Å². The molecule has 6 nitrogen and oxygen atoms in total. The number of nitrogens with one attached hydrogen (secondary N) is 1. The number of halogens is 1. The highest BCUT2D eigenvalue weighted by atomic mass is 35.5. The largest absolute Gasteiger partial charge is 0.453 e. The number of amides is 2. The Morgan fingerprint density at radius 3 is 2.95 bits per heavy atom. The van der Waals surface area contributed by atoms with Gasteiger partial charge in [-0.2, -0.15) is 0 Å². The summed E-state index contributed by atoms with van der Waals surface area (Å²) < 4.78 is 4.51. The van der Waals surface area contributed by atoms with Crippen LogP contribution in [0.4, 0.5) is 9.93 Å². The zero-order chi connectivity index (χ0) is 14.0. The molecule has 1 aromatic heterocycles. The van der Waals surface area contributed by atoms with E-state index in [1.165, 1.54) is 18.4 Å². The van der Waals surface area contributed by atoms with Gasteiger partial charge in [0.1, 0.15) is 5.38 Å². The Morgan fingerprint density at radius 1 is 1.58 bits per heavy atom. The quantitative estimate of drug-likeness (QED) is 0.846. The molecular formula is C11H14ClN3O3S. The van der Waals surface area contributed by atoms with E-state index in [9.17, 15) is 9.59 Å². The molecule has 1 aromatic rings. The van der Waals surface area contributed by atoms with Crippen LogP contribution in [0.15, 0.2) is 0 Å². The lowest BCUT2D eigenvalue weighted by Gasteiger charge is -2.26. The molecule has 1 aliphatic heterocycles. The van der Waals surface area contributed by atoms with Crippen molar-refractivity contribution >= 4 is 40.1 Å². The number of carbonyl (C=O) groups is 2. The van der Waals surface area contributed by atoms with Gasteiger partial charge in [0.15, 0.2) is 5.13 Å². The van der Waals surface area contributed by atoms with Crippen molar-refractivity contribution < 1.29 is 14.3 Å². The maximum Gasteiger partial charge on any atom is 0.413 e. The lowest BCUT2D eigenvalue weighted by molar-refractivity contribution is -0.131. The number of nitrogens with zero attached hydrogens (tertiary/aromatic N) is 2. The number of methoxy groups -OCH3 is 1. The maximum atomic E-state index is 11.8. The fraction of sp³-hybridized carbons (Fsp3) is 0.545. The number of ether oxygens (including phenoxy) is 1. The van der Waals surface area contributed by atoms with Crippen LogP contribution < -0.4 is 5.32 Å². The highest BCUT2D eigenvalue weighted by molar-refractivity contribution is 7.15. The number of carbonyl (C=O) groups excluding carboxylic acids is 2. The smallest absolute Gasteiger partial charge is 0.413 e. The number of anilines is 1. The van der Waals surface area contributed by atoms with E-state index in [1.807, 2.05) is 0 Å². The third-order valence-electron chi connectivity index (χ3n) is 2.78. The summed E-state index contributed by atoms with van der Waals surface area (Å²) in [5.41, 5.74) is 0.919. The monoisotopic (exact) mass is 303 g/mol. The van der Waals surface area contributed by atoms with Crippen LogP contribution in [0, 0.1) is 0 Å². The molecule has 0 spiro atoms. The second-order valence-electron chi connectivity index (χ2n) is 4.13. The van der Waals surface area contributed by atoms with Crippen molar-refractivity contribution in [2.75, 3.05) is 19.0 Å². The fourth-order valence-electron chi connectivity index (χ4n) is 1.83. The summed E-state index contributed by atoms with van der Waals surface area (Å²) in [4.78, 5) is 29.9. The first kappa shape index (κ1) is 14.1. The Hall–Kier alpha value is -1.34. The minimum absolute atomic E-state index is 0.0804.